The Bertz CT molecular complexity index is 531. The minimum atomic E-state index is -0.683. The number of rotatable bonds is 4. The smallest absolute Gasteiger partial charge is 0.410 e. The fourth-order valence-corrected chi connectivity index (χ4v) is 2.86. The number of nitrogens with zero attached hydrogens (tertiary/aromatic N) is 1. The average molecular weight is 321 g/mol. The van der Waals surface area contributed by atoms with Crippen LogP contribution in [0.15, 0.2) is 30.3 Å². The lowest BCUT2D eigenvalue weighted by atomic mass is 9.91. The van der Waals surface area contributed by atoms with E-state index in [1.807, 2.05) is 30.3 Å². The first-order valence-corrected chi connectivity index (χ1v) is 7.76. The molecular weight excluding hydrogens is 298 g/mol. The van der Waals surface area contributed by atoms with Crippen LogP contribution in [0.3, 0.4) is 0 Å². The van der Waals surface area contributed by atoms with Gasteiger partial charge < -0.3 is 19.5 Å². The van der Waals surface area contributed by atoms with Crippen LogP contribution in [-0.4, -0.2) is 47.9 Å². The normalized spacial score (nSPS) is 22.3. The number of hydrogen-bond donors (Lipinski definition) is 1. The lowest BCUT2D eigenvalue weighted by molar-refractivity contribution is -0.148. The number of esters is 1. The van der Waals surface area contributed by atoms with Crippen molar-refractivity contribution >= 4 is 12.1 Å². The van der Waals surface area contributed by atoms with Crippen molar-refractivity contribution in [1.29, 1.82) is 0 Å². The molecule has 1 aromatic rings. The summed E-state index contributed by atoms with van der Waals surface area (Å²) in [4.78, 5) is 25.6. The maximum Gasteiger partial charge on any atom is 0.410 e. The van der Waals surface area contributed by atoms with E-state index in [1.54, 1.807) is 6.92 Å². The zero-order valence-electron chi connectivity index (χ0n) is 13.5. The molecule has 0 bridgehead atoms. The van der Waals surface area contributed by atoms with Crippen molar-refractivity contribution < 1.29 is 24.2 Å². The van der Waals surface area contributed by atoms with Gasteiger partial charge in [0.1, 0.15) is 6.61 Å². The lowest BCUT2D eigenvalue weighted by Crippen LogP contribution is -2.53. The van der Waals surface area contributed by atoms with Gasteiger partial charge in [-0.2, -0.15) is 0 Å². The van der Waals surface area contributed by atoms with Crippen molar-refractivity contribution in [2.75, 3.05) is 13.7 Å². The molecule has 23 heavy (non-hydrogen) atoms. The van der Waals surface area contributed by atoms with Gasteiger partial charge in [-0.1, -0.05) is 30.3 Å². The van der Waals surface area contributed by atoms with Crippen molar-refractivity contribution in [3.8, 4) is 0 Å². The number of carbonyl (C=O) groups is 2. The van der Waals surface area contributed by atoms with Crippen LogP contribution < -0.4 is 0 Å². The predicted molar refractivity (Wildman–Crippen MR) is 83.5 cm³/mol. The van der Waals surface area contributed by atoms with Gasteiger partial charge in [-0.15, -0.1) is 0 Å². The van der Waals surface area contributed by atoms with Gasteiger partial charge in [0.25, 0.3) is 0 Å². The molecule has 6 heteroatoms. The molecular formula is C17H23NO5. The van der Waals surface area contributed by atoms with Gasteiger partial charge in [-0.05, 0) is 25.3 Å². The number of likely N-dealkylation sites (tertiary alicyclic amines) is 1. The Hall–Kier alpha value is -2.08. The Morgan fingerprint density at radius 1 is 1.30 bits per heavy atom. The lowest BCUT2D eigenvalue weighted by Gasteiger charge is -2.39. The summed E-state index contributed by atoms with van der Waals surface area (Å²) < 4.78 is 10.1. The molecule has 1 saturated heterocycles. The fraction of sp³-hybridized carbons (Fsp3) is 0.529. The Morgan fingerprint density at radius 3 is 2.61 bits per heavy atom. The highest BCUT2D eigenvalue weighted by atomic mass is 16.6. The number of benzene rings is 1. The highest BCUT2D eigenvalue weighted by molar-refractivity contribution is 5.75. The van der Waals surface area contributed by atoms with Gasteiger partial charge in [-0.3, -0.25) is 4.79 Å². The second kappa shape index (κ2) is 7.97. The molecule has 6 nitrogen and oxygen atoms in total. The number of piperidine rings is 1. The predicted octanol–water partition coefficient (Wildman–Crippen LogP) is 1.96. The maximum absolute atomic E-state index is 12.4. The van der Waals surface area contributed by atoms with Gasteiger partial charge in [0, 0.05) is 6.54 Å². The van der Waals surface area contributed by atoms with Gasteiger partial charge in [0.05, 0.1) is 25.2 Å². The Balaban J connectivity index is 2.01. The van der Waals surface area contributed by atoms with E-state index in [0.29, 0.717) is 12.8 Å². The van der Waals surface area contributed by atoms with E-state index in [4.69, 9.17) is 9.47 Å². The summed E-state index contributed by atoms with van der Waals surface area (Å²) >= 11 is 0. The van der Waals surface area contributed by atoms with E-state index in [0.717, 1.165) is 5.56 Å². The van der Waals surface area contributed by atoms with Gasteiger partial charge in [-0.25, -0.2) is 4.79 Å². The van der Waals surface area contributed by atoms with Crippen molar-refractivity contribution in [3.63, 3.8) is 0 Å². The minimum absolute atomic E-state index is 0.158. The molecule has 1 unspecified atom stereocenters. The molecule has 126 valence electrons. The number of amides is 1. The van der Waals surface area contributed by atoms with Crippen molar-refractivity contribution in [2.24, 2.45) is 5.92 Å². The first-order valence-electron chi connectivity index (χ1n) is 7.76. The zero-order chi connectivity index (χ0) is 16.8. The zero-order valence-corrected chi connectivity index (χ0v) is 13.5. The minimum Gasteiger partial charge on any atom is -0.469 e. The number of ether oxygens (including phenoxy) is 2. The largest absolute Gasteiger partial charge is 0.469 e. The first kappa shape index (κ1) is 17.3. The summed E-state index contributed by atoms with van der Waals surface area (Å²) in [5.41, 5.74) is 0.885. The Kier molecular flexibility index (Phi) is 5.98. The second-order valence-corrected chi connectivity index (χ2v) is 5.80. The van der Waals surface area contributed by atoms with Crippen LogP contribution in [0.1, 0.15) is 25.3 Å². The summed E-state index contributed by atoms with van der Waals surface area (Å²) in [5.74, 6) is -0.714. The van der Waals surface area contributed by atoms with Crippen molar-refractivity contribution in [2.45, 2.75) is 38.5 Å². The molecule has 0 spiro atoms. The Morgan fingerprint density at radius 2 is 2.00 bits per heavy atom. The van der Waals surface area contributed by atoms with Gasteiger partial charge in [0.15, 0.2) is 0 Å². The van der Waals surface area contributed by atoms with E-state index in [9.17, 15) is 14.7 Å². The molecule has 0 aromatic heterocycles. The monoisotopic (exact) mass is 321 g/mol. The van der Waals surface area contributed by atoms with Crippen molar-refractivity contribution in [1.82, 2.24) is 4.90 Å². The molecule has 1 amide bonds. The van der Waals surface area contributed by atoms with E-state index in [-0.39, 0.29) is 31.1 Å². The van der Waals surface area contributed by atoms with E-state index in [1.165, 1.54) is 12.0 Å². The standard InChI is InChI=1S/C17H23NO5/c1-12(19)15-9-8-14(16(20)22-2)10-18(15)17(21)23-11-13-6-4-3-5-7-13/h3-7,12,14-15,19H,8-11H2,1-2H3/t12?,14-,15+/m0/s1. The number of hydrogen-bond acceptors (Lipinski definition) is 5. The van der Waals surface area contributed by atoms with Crippen LogP contribution in [0, 0.1) is 5.92 Å². The summed E-state index contributed by atoms with van der Waals surface area (Å²) in [6, 6.07) is 9.02. The molecule has 1 heterocycles. The Labute approximate surface area is 136 Å². The molecule has 1 N–H and O–H groups in total. The summed E-state index contributed by atoms with van der Waals surface area (Å²) in [6.07, 6.45) is -0.0750. The number of carbonyl (C=O) groups excluding carboxylic acids is 2. The average Bonchev–Trinajstić information content (AvgIpc) is 2.59. The first-order chi connectivity index (χ1) is 11.0. The number of aliphatic hydroxyl groups excluding tert-OH is 1. The van der Waals surface area contributed by atoms with Crippen LogP contribution >= 0.6 is 0 Å². The molecule has 1 aromatic carbocycles. The maximum atomic E-state index is 12.4. The fourth-order valence-electron chi connectivity index (χ4n) is 2.86. The van der Waals surface area contributed by atoms with Crippen LogP contribution in [0.5, 0.6) is 0 Å². The van der Waals surface area contributed by atoms with Gasteiger partial charge in [0.2, 0.25) is 0 Å². The van der Waals surface area contributed by atoms with E-state index in [2.05, 4.69) is 0 Å². The molecule has 0 saturated carbocycles. The summed E-state index contributed by atoms with van der Waals surface area (Å²) in [6.45, 7) is 2.00. The topological polar surface area (TPSA) is 76.1 Å². The number of aliphatic hydroxyl groups is 1. The van der Waals surface area contributed by atoms with Crippen molar-refractivity contribution in [3.05, 3.63) is 35.9 Å². The third-order valence-electron chi connectivity index (χ3n) is 4.16. The highest BCUT2D eigenvalue weighted by Crippen LogP contribution is 2.26. The van der Waals surface area contributed by atoms with Gasteiger partial charge >= 0.3 is 12.1 Å². The molecule has 3 atom stereocenters. The van der Waals surface area contributed by atoms with Crippen LogP contribution in [0.25, 0.3) is 0 Å². The molecule has 1 fully saturated rings. The van der Waals surface area contributed by atoms with E-state index < -0.39 is 12.2 Å². The van der Waals surface area contributed by atoms with Crippen LogP contribution in [-0.2, 0) is 20.9 Å². The highest BCUT2D eigenvalue weighted by Gasteiger charge is 2.38. The molecule has 1 aliphatic rings. The summed E-state index contributed by atoms with van der Waals surface area (Å²) in [5, 5.41) is 9.90. The molecule has 0 radical (unpaired) electrons. The van der Waals surface area contributed by atoms with Crippen LogP contribution in [0.4, 0.5) is 4.79 Å². The quantitative estimate of drug-likeness (QED) is 0.858. The molecule has 2 rings (SSSR count). The van der Waals surface area contributed by atoms with E-state index >= 15 is 0 Å². The summed E-state index contributed by atoms with van der Waals surface area (Å²) in [7, 11) is 1.33. The van der Waals surface area contributed by atoms with Crippen LogP contribution in [0.2, 0.25) is 0 Å². The molecule has 0 aliphatic carbocycles. The SMILES string of the molecule is COC(=O)[C@H]1CC[C@H](C(C)O)N(C(=O)OCc2ccccc2)C1. The second-order valence-electron chi connectivity index (χ2n) is 5.80. The molecule has 1 aliphatic heterocycles. The number of methoxy groups -OCH3 is 1. The third-order valence-corrected chi connectivity index (χ3v) is 4.16. The third kappa shape index (κ3) is 4.45.